The summed E-state index contributed by atoms with van der Waals surface area (Å²) in [5.41, 5.74) is 6.44. The fraction of sp³-hybridized carbons (Fsp3) is 0.667. The molecular weight excluding hydrogens is 428 g/mol. The van der Waals surface area contributed by atoms with E-state index in [0.717, 1.165) is 49.0 Å². The third-order valence-electron chi connectivity index (χ3n) is 6.15. The Balaban J connectivity index is 1.34. The van der Waals surface area contributed by atoms with Crippen LogP contribution in [0.1, 0.15) is 50.5 Å². The Labute approximate surface area is 175 Å². The summed E-state index contributed by atoms with van der Waals surface area (Å²) in [6, 6.07) is 6.08. The maximum absolute atomic E-state index is 10.8. The molecule has 0 bridgehead atoms. The Hall–Kier alpha value is -0.780. The minimum atomic E-state index is -0.633. The number of rotatable bonds is 6. The Kier molecular flexibility index (Phi) is 7.86. The number of carbonyl (C=O) groups excluding carboxylic acids is 1. The van der Waals surface area contributed by atoms with Crippen molar-refractivity contribution in [2.45, 2.75) is 57.5 Å². The predicted molar refractivity (Wildman–Crippen MR) is 113 cm³/mol. The molecular formula is C21H30BrClN2O2. The molecule has 1 amide bonds. The van der Waals surface area contributed by atoms with Gasteiger partial charge < -0.3 is 15.4 Å². The number of halogens is 2. The Morgan fingerprint density at radius 1 is 1.15 bits per heavy atom. The molecule has 2 aliphatic rings. The van der Waals surface area contributed by atoms with Crippen LogP contribution in [0.2, 0.25) is 5.02 Å². The zero-order chi connectivity index (χ0) is 19.2. The number of nitrogens with zero attached hydrogens (tertiary/aromatic N) is 1. The highest BCUT2D eigenvalue weighted by molar-refractivity contribution is 9.10. The molecule has 1 saturated heterocycles. The van der Waals surface area contributed by atoms with Gasteiger partial charge in [0.25, 0.3) is 0 Å². The fourth-order valence-corrected chi connectivity index (χ4v) is 5.10. The molecule has 1 heterocycles. The quantitative estimate of drug-likeness (QED) is 0.622. The van der Waals surface area contributed by atoms with E-state index >= 15 is 0 Å². The number of amides is 1. The minimum absolute atomic E-state index is 0.0420. The van der Waals surface area contributed by atoms with Gasteiger partial charge in [-0.2, -0.15) is 0 Å². The lowest BCUT2D eigenvalue weighted by Crippen LogP contribution is -2.36. The summed E-state index contributed by atoms with van der Waals surface area (Å²) in [7, 11) is 0. The van der Waals surface area contributed by atoms with Gasteiger partial charge in [-0.25, -0.2) is 4.79 Å². The lowest BCUT2D eigenvalue weighted by Gasteiger charge is -2.34. The molecule has 150 valence electrons. The van der Waals surface area contributed by atoms with Crippen molar-refractivity contribution >= 4 is 33.6 Å². The molecule has 6 heteroatoms. The molecule has 4 nitrogen and oxygen atoms in total. The number of hydrogen-bond acceptors (Lipinski definition) is 3. The molecule has 3 rings (SSSR count). The summed E-state index contributed by atoms with van der Waals surface area (Å²) < 4.78 is 6.30. The molecule has 0 radical (unpaired) electrons. The van der Waals surface area contributed by atoms with Crippen LogP contribution in [0.3, 0.4) is 0 Å². The molecule has 27 heavy (non-hydrogen) atoms. The van der Waals surface area contributed by atoms with Gasteiger partial charge in [-0.3, -0.25) is 0 Å². The van der Waals surface area contributed by atoms with Crippen LogP contribution in [-0.2, 0) is 11.2 Å². The molecule has 1 saturated carbocycles. The van der Waals surface area contributed by atoms with Crippen molar-refractivity contribution < 1.29 is 9.53 Å². The number of hydrogen-bond donors (Lipinski definition) is 1. The van der Waals surface area contributed by atoms with Gasteiger partial charge in [0, 0.05) is 9.50 Å². The summed E-state index contributed by atoms with van der Waals surface area (Å²) in [6.07, 6.45) is 8.53. The van der Waals surface area contributed by atoms with Gasteiger partial charge in [-0.15, -0.1) is 0 Å². The van der Waals surface area contributed by atoms with E-state index in [-0.39, 0.29) is 6.10 Å². The number of nitrogens with two attached hydrogens (primary N) is 1. The molecule has 0 spiro atoms. The van der Waals surface area contributed by atoms with Crippen molar-refractivity contribution in [3.8, 4) is 0 Å². The first kappa shape index (κ1) is 20.9. The number of likely N-dealkylation sites (tertiary alicyclic amines) is 1. The van der Waals surface area contributed by atoms with Crippen molar-refractivity contribution in [1.82, 2.24) is 4.90 Å². The highest BCUT2D eigenvalue weighted by Crippen LogP contribution is 2.30. The van der Waals surface area contributed by atoms with Crippen LogP contribution in [0.15, 0.2) is 22.7 Å². The molecule has 1 aliphatic carbocycles. The lowest BCUT2D eigenvalue weighted by molar-refractivity contribution is 0.0669. The van der Waals surface area contributed by atoms with Crippen molar-refractivity contribution in [2.75, 3.05) is 19.6 Å². The van der Waals surface area contributed by atoms with Crippen molar-refractivity contribution in [3.05, 3.63) is 33.3 Å². The standard InChI is InChI=1S/C21H30BrClN2O2/c22-20-6-3-18(23)14-17(20)13-16-8-11-25(12-9-16)10-7-15-1-4-19(5-2-15)27-21(24)26/h3,6,14-16,19H,1-2,4-5,7-13H2,(H2,24,26). The number of carbonyl (C=O) groups is 1. The van der Waals surface area contributed by atoms with Gasteiger partial charge in [-0.05, 0) is 107 Å². The average molecular weight is 458 g/mol. The smallest absolute Gasteiger partial charge is 0.404 e. The van der Waals surface area contributed by atoms with Crippen molar-refractivity contribution in [1.29, 1.82) is 0 Å². The minimum Gasteiger partial charge on any atom is -0.446 e. The maximum atomic E-state index is 10.8. The third kappa shape index (κ3) is 6.65. The van der Waals surface area contributed by atoms with Gasteiger partial charge in [0.05, 0.1) is 0 Å². The predicted octanol–water partition coefficient (Wildman–Crippen LogP) is 5.40. The number of primary amides is 1. The first-order valence-corrected chi connectivity index (χ1v) is 11.3. The maximum Gasteiger partial charge on any atom is 0.404 e. The second-order valence-corrected chi connectivity index (χ2v) is 9.38. The molecule has 1 aromatic rings. The van der Waals surface area contributed by atoms with E-state index < -0.39 is 6.09 Å². The van der Waals surface area contributed by atoms with E-state index in [1.807, 2.05) is 6.07 Å². The molecule has 1 aromatic carbocycles. The second-order valence-electron chi connectivity index (χ2n) is 8.09. The zero-order valence-corrected chi connectivity index (χ0v) is 18.2. The fourth-order valence-electron chi connectivity index (χ4n) is 4.49. The van der Waals surface area contributed by atoms with E-state index in [1.54, 1.807) is 0 Å². The molecule has 0 atom stereocenters. The number of piperidine rings is 1. The molecule has 0 aromatic heterocycles. The monoisotopic (exact) mass is 456 g/mol. The number of ether oxygens (including phenoxy) is 1. The van der Waals surface area contributed by atoms with Crippen LogP contribution in [0.4, 0.5) is 4.79 Å². The van der Waals surface area contributed by atoms with E-state index in [0.29, 0.717) is 0 Å². The van der Waals surface area contributed by atoms with Crippen molar-refractivity contribution in [3.63, 3.8) is 0 Å². The SMILES string of the molecule is NC(=O)OC1CCC(CCN2CCC(Cc3cc(Cl)ccc3Br)CC2)CC1. The Morgan fingerprint density at radius 3 is 2.52 bits per heavy atom. The Morgan fingerprint density at radius 2 is 1.85 bits per heavy atom. The zero-order valence-electron chi connectivity index (χ0n) is 15.8. The average Bonchev–Trinajstić information content (AvgIpc) is 2.65. The summed E-state index contributed by atoms with van der Waals surface area (Å²) in [6.45, 7) is 3.59. The summed E-state index contributed by atoms with van der Waals surface area (Å²) in [5.74, 6) is 1.51. The van der Waals surface area contributed by atoms with Crippen LogP contribution in [0, 0.1) is 11.8 Å². The topological polar surface area (TPSA) is 55.6 Å². The van der Waals surface area contributed by atoms with Crippen LogP contribution in [0.25, 0.3) is 0 Å². The van der Waals surface area contributed by atoms with Crippen LogP contribution in [-0.4, -0.2) is 36.7 Å². The van der Waals surface area contributed by atoms with E-state index in [4.69, 9.17) is 22.1 Å². The Bertz CT molecular complexity index is 627. The highest BCUT2D eigenvalue weighted by atomic mass is 79.9. The van der Waals surface area contributed by atoms with Crippen LogP contribution in [0.5, 0.6) is 0 Å². The van der Waals surface area contributed by atoms with Crippen LogP contribution >= 0.6 is 27.5 Å². The first-order chi connectivity index (χ1) is 13.0. The van der Waals surface area contributed by atoms with Gasteiger partial charge in [0.15, 0.2) is 0 Å². The molecule has 2 fully saturated rings. The molecule has 1 aliphatic heterocycles. The van der Waals surface area contributed by atoms with E-state index in [1.165, 1.54) is 48.9 Å². The van der Waals surface area contributed by atoms with Gasteiger partial charge in [0.1, 0.15) is 6.10 Å². The second kappa shape index (κ2) is 10.1. The van der Waals surface area contributed by atoms with Gasteiger partial charge in [-0.1, -0.05) is 27.5 Å². The van der Waals surface area contributed by atoms with Gasteiger partial charge in [0.2, 0.25) is 0 Å². The van der Waals surface area contributed by atoms with Crippen molar-refractivity contribution in [2.24, 2.45) is 17.6 Å². The number of benzene rings is 1. The third-order valence-corrected chi connectivity index (χ3v) is 7.16. The van der Waals surface area contributed by atoms with Crippen LogP contribution < -0.4 is 5.73 Å². The summed E-state index contributed by atoms with van der Waals surface area (Å²) in [4.78, 5) is 13.5. The molecule has 2 N–H and O–H groups in total. The summed E-state index contributed by atoms with van der Waals surface area (Å²) in [5, 5.41) is 0.821. The van der Waals surface area contributed by atoms with E-state index in [2.05, 4.69) is 33.0 Å². The largest absolute Gasteiger partial charge is 0.446 e. The molecule has 0 unspecified atom stereocenters. The lowest BCUT2D eigenvalue weighted by atomic mass is 9.84. The highest BCUT2D eigenvalue weighted by Gasteiger charge is 2.25. The first-order valence-electron chi connectivity index (χ1n) is 10.1. The normalized spacial score (nSPS) is 24.7. The summed E-state index contributed by atoms with van der Waals surface area (Å²) >= 11 is 9.80. The van der Waals surface area contributed by atoms with Gasteiger partial charge >= 0.3 is 6.09 Å². The van der Waals surface area contributed by atoms with E-state index in [9.17, 15) is 4.79 Å².